The number of carbonyl (C=O) groups is 2. The Hall–Kier alpha value is -2.70. The predicted molar refractivity (Wildman–Crippen MR) is 94.0 cm³/mol. The Labute approximate surface area is 146 Å². The fraction of sp³-hybridized carbons (Fsp3) is 0.444. The van der Waals surface area contributed by atoms with Crippen molar-refractivity contribution in [3.05, 3.63) is 40.9 Å². The number of esters is 1. The van der Waals surface area contributed by atoms with Gasteiger partial charge >= 0.3 is 5.97 Å². The second-order valence-electron chi connectivity index (χ2n) is 6.28. The summed E-state index contributed by atoms with van der Waals surface area (Å²) < 4.78 is 6.13. The molecule has 7 heteroatoms. The third-order valence-corrected chi connectivity index (χ3v) is 3.84. The zero-order valence-electron chi connectivity index (χ0n) is 14.7. The van der Waals surface area contributed by atoms with Crippen molar-refractivity contribution in [2.45, 2.75) is 39.3 Å². The number of hydrogen-bond acceptors (Lipinski definition) is 5. The molecule has 1 aromatic carbocycles. The number of nitrogens with one attached hydrogen (secondary N) is 1. The lowest BCUT2D eigenvalue weighted by atomic mass is 10.0. The van der Waals surface area contributed by atoms with Gasteiger partial charge in [0, 0.05) is 13.0 Å². The number of amides is 1. The van der Waals surface area contributed by atoms with Crippen molar-refractivity contribution in [1.29, 1.82) is 0 Å². The number of benzene rings is 1. The van der Waals surface area contributed by atoms with Crippen LogP contribution < -0.4 is 10.9 Å². The number of carbonyl (C=O) groups excluding carboxylic acids is 2. The Bertz CT molecular complexity index is 813. The lowest BCUT2D eigenvalue weighted by Gasteiger charge is -2.18. The van der Waals surface area contributed by atoms with Crippen LogP contribution in [-0.2, 0) is 20.9 Å². The molecule has 0 saturated heterocycles. The molecular formula is C18H23N3O4. The van der Waals surface area contributed by atoms with E-state index in [-0.39, 0.29) is 30.3 Å². The van der Waals surface area contributed by atoms with Crippen molar-refractivity contribution in [3.63, 3.8) is 0 Å². The van der Waals surface area contributed by atoms with Crippen LogP contribution in [0.3, 0.4) is 0 Å². The van der Waals surface area contributed by atoms with Gasteiger partial charge in [-0.2, -0.15) is 0 Å². The first-order valence-electron chi connectivity index (χ1n) is 8.23. The fourth-order valence-corrected chi connectivity index (χ4v) is 2.58. The number of methoxy groups -OCH3 is 1. The summed E-state index contributed by atoms with van der Waals surface area (Å²) in [7, 11) is 1.29. The topological polar surface area (TPSA) is 90.3 Å². The molecule has 7 nitrogen and oxygen atoms in total. The van der Waals surface area contributed by atoms with Crippen molar-refractivity contribution in [2.24, 2.45) is 5.92 Å². The summed E-state index contributed by atoms with van der Waals surface area (Å²) >= 11 is 0. The summed E-state index contributed by atoms with van der Waals surface area (Å²) in [6.45, 7) is 4.11. The number of aromatic nitrogens is 2. The molecule has 0 radical (unpaired) electrons. The van der Waals surface area contributed by atoms with Crippen LogP contribution >= 0.6 is 0 Å². The molecule has 1 N–H and O–H groups in total. The van der Waals surface area contributed by atoms with E-state index >= 15 is 0 Å². The number of nitrogens with zero attached hydrogens (tertiary/aromatic N) is 2. The second-order valence-corrected chi connectivity index (χ2v) is 6.28. The molecule has 0 fully saturated rings. The van der Waals surface area contributed by atoms with E-state index in [2.05, 4.69) is 10.3 Å². The maximum atomic E-state index is 12.4. The molecule has 0 spiro atoms. The standard InChI is InChI=1S/C18H23N3O4/c1-12(2)10-15(18(24)25-3)20-16(22)8-9-21-11-19-14-7-5-4-6-13(14)17(21)23/h4-7,11-12,15H,8-10H2,1-3H3,(H,20,22). The molecule has 1 unspecified atom stereocenters. The molecule has 0 saturated carbocycles. The first-order valence-corrected chi connectivity index (χ1v) is 8.23. The second kappa shape index (κ2) is 8.41. The summed E-state index contributed by atoms with van der Waals surface area (Å²) in [6, 6.07) is 6.38. The third kappa shape index (κ3) is 4.89. The Morgan fingerprint density at radius 3 is 2.68 bits per heavy atom. The van der Waals surface area contributed by atoms with E-state index in [0.29, 0.717) is 17.3 Å². The normalized spacial score (nSPS) is 12.2. The molecule has 1 aromatic heterocycles. The molecule has 0 aliphatic rings. The SMILES string of the molecule is COC(=O)C(CC(C)C)NC(=O)CCn1cnc2ccccc2c1=O. The van der Waals surface area contributed by atoms with Gasteiger partial charge in [-0.1, -0.05) is 26.0 Å². The molecule has 0 aliphatic carbocycles. The maximum Gasteiger partial charge on any atom is 0.328 e. The van der Waals surface area contributed by atoms with Gasteiger partial charge in [0.2, 0.25) is 5.91 Å². The Morgan fingerprint density at radius 2 is 2.00 bits per heavy atom. The van der Waals surface area contributed by atoms with E-state index in [1.54, 1.807) is 18.2 Å². The molecule has 0 aliphatic heterocycles. The van der Waals surface area contributed by atoms with E-state index in [1.165, 1.54) is 18.0 Å². The number of para-hydroxylation sites is 1. The van der Waals surface area contributed by atoms with Crippen LogP contribution in [0.1, 0.15) is 26.7 Å². The molecule has 134 valence electrons. The van der Waals surface area contributed by atoms with Gasteiger partial charge in [0.15, 0.2) is 0 Å². The van der Waals surface area contributed by atoms with Gasteiger partial charge < -0.3 is 10.1 Å². The van der Waals surface area contributed by atoms with Crippen LogP contribution in [0.2, 0.25) is 0 Å². The fourth-order valence-electron chi connectivity index (χ4n) is 2.58. The minimum absolute atomic E-state index is 0.0749. The smallest absolute Gasteiger partial charge is 0.328 e. The van der Waals surface area contributed by atoms with Crippen molar-refractivity contribution < 1.29 is 14.3 Å². The molecule has 2 aromatic rings. The average Bonchev–Trinajstić information content (AvgIpc) is 2.59. The predicted octanol–water partition coefficient (Wildman–Crippen LogP) is 1.49. The summed E-state index contributed by atoms with van der Waals surface area (Å²) in [4.78, 5) is 40.5. The lowest BCUT2D eigenvalue weighted by molar-refractivity contribution is -0.145. The van der Waals surface area contributed by atoms with Crippen LogP contribution in [0, 0.1) is 5.92 Å². The number of aryl methyl sites for hydroxylation is 1. The van der Waals surface area contributed by atoms with Gasteiger partial charge in [0.05, 0.1) is 24.3 Å². The minimum atomic E-state index is -0.677. The van der Waals surface area contributed by atoms with E-state index in [9.17, 15) is 14.4 Å². The largest absolute Gasteiger partial charge is 0.467 e. The lowest BCUT2D eigenvalue weighted by Crippen LogP contribution is -2.42. The highest BCUT2D eigenvalue weighted by molar-refractivity contribution is 5.84. The minimum Gasteiger partial charge on any atom is -0.467 e. The highest BCUT2D eigenvalue weighted by Crippen LogP contribution is 2.07. The quantitative estimate of drug-likeness (QED) is 0.768. The number of fused-ring (bicyclic) bond motifs is 1. The summed E-state index contributed by atoms with van der Waals surface area (Å²) in [5.41, 5.74) is 0.431. The Morgan fingerprint density at radius 1 is 1.28 bits per heavy atom. The molecule has 1 heterocycles. The van der Waals surface area contributed by atoms with Crippen molar-refractivity contribution in [1.82, 2.24) is 14.9 Å². The molecule has 2 rings (SSSR count). The summed E-state index contributed by atoms with van der Waals surface area (Å²) in [6.07, 6.45) is 2.01. The van der Waals surface area contributed by atoms with Gasteiger partial charge in [-0.3, -0.25) is 14.2 Å². The van der Waals surface area contributed by atoms with Crippen molar-refractivity contribution in [3.8, 4) is 0 Å². The van der Waals surface area contributed by atoms with Crippen molar-refractivity contribution in [2.75, 3.05) is 7.11 Å². The van der Waals surface area contributed by atoms with Gasteiger partial charge in [-0.05, 0) is 24.5 Å². The maximum absolute atomic E-state index is 12.4. The first kappa shape index (κ1) is 18.6. The Balaban J connectivity index is 2.03. The zero-order chi connectivity index (χ0) is 18.4. The monoisotopic (exact) mass is 345 g/mol. The molecule has 25 heavy (non-hydrogen) atoms. The van der Waals surface area contributed by atoms with Crippen LogP contribution in [0.15, 0.2) is 35.4 Å². The summed E-state index contributed by atoms with van der Waals surface area (Å²) in [5.74, 6) is -0.542. The Kier molecular flexibility index (Phi) is 6.27. The van der Waals surface area contributed by atoms with Crippen LogP contribution in [0.5, 0.6) is 0 Å². The van der Waals surface area contributed by atoms with Gasteiger partial charge in [-0.25, -0.2) is 9.78 Å². The molecule has 0 bridgehead atoms. The number of rotatable bonds is 7. The molecular weight excluding hydrogens is 322 g/mol. The van der Waals surface area contributed by atoms with E-state index in [4.69, 9.17) is 4.74 Å². The zero-order valence-corrected chi connectivity index (χ0v) is 14.7. The summed E-state index contributed by atoms with van der Waals surface area (Å²) in [5, 5.41) is 3.19. The first-order chi connectivity index (χ1) is 11.9. The molecule has 1 amide bonds. The van der Waals surface area contributed by atoms with Gasteiger partial charge in [-0.15, -0.1) is 0 Å². The third-order valence-electron chi connectivity index (χ3n) is 3.84. The van der Waals surface area contributed by atoms with Gasteiger partial charge in [0.1, 0.15) is 6.04 Å². The van der Waals surface area contributed by atoms with Crippen LogP contribution in [0.4, 0.5) is 0 Å². The van der Waals surface area contributed by atoms with E-state index in [1.807, 2.05) is 19.9 Å². The van der Waals surface area contributed by atoms with E-state index < -0.39 is 12.0 Å². The number of ether oxygens (including phenoxy) is 1. The average molecular weight is 345 g/mol. The van der Waals surface area contributed by atoms with Crippen molar-refractivity contribution >= 4 is 22.8 Å². The van der Waals surface area contributed by atoms with Gasteiger partial charge in [0.25, 0.3) is 5.56 Å². The van der Waals surface area contributed by atoms with Crippen LogP contribution in [-0.4, -0.2) is 34.6 Å². The van der Waals surface area contributed by atoms with Crippen LogP contribution in [0.25, 0.3) is 10.9 Å². The van der Waals surface area contributed by atoms with E-state index in [0.717, 1.165) is 0 Å². The highest BCUT2D eigenvalue weighted by Gasteiger charge is 2.22. The molecule has 1 atom stereocenters. The number of hydrogen-bond donors (Lipinski definition) is 1. The highest BCUT2D eigenvalue weighted by atomic mass is 16.5.